The van der Waals surface area contributed by atoms with E-state index >= 15 is 0 Å². The number of phenols is 1. The lowest BCUT2D eigenvalue weighted by molar-refractivity contribution is 0.0954. The molecule has 3 aliphatic rings. The lowest BCUT2D eigenvalue weighted by atomic mass is 9.55. The van der Waals surface area contributed by atoms with Gasteiger partial charge in [-0.25, -0.2) is 0 Å². The quantitative estimate of drug-likeness (QED) is 0.774. The molecule has 3 nitrogen and oxygen atoms in total. The second-order valence-corrected chi connectivity index (χ2v) is 7.58. The smallest absolute Gasteiger partial charge is 0.115 e. The third-order valence-corrected chi connectivity index (χ3v) is 6.70. The average Bonchev–Trinajstić information content (AvgIpc) is 2.84. The van der Waals surface area contributed by atoms with Gasteiger partial charge in [0.15, 0.2) is 0 Å². The number of benzene rings is 1. The van der Waals surface area contributed by atoms with E-state index < -0.39 is 0 Å². The minimum atomic E-state index is 0.304. The van der Waals surface area contributed by atoms with Gasteiger partial charge in [-0.15, -0.1) is 0 Å². The van der Waals surface area contributed by atoms with Crippen molar-refractivity contribution in [1.82, 2.24) is 5.43 Å². The normalized spacial score (nSPS) is 38.3. The summed E-state index contributed by atoms with van der Waals surface area (Å²) in [6.07, 6.45) is 7.36. The molecule has 2 N–H and O–H groups in total. The predicted molar refractivity (Wildman–Crippen MR) is 89.2 cm³/mol. The van der Waals surface area contributed by atoms with Gasteiger partial charge in [-0.2, -0.15) is 5.10 Å². The number of nitrogens with one attached hydrogen (secondary N) is 1. The van der Waals surface area contributed by atoms with Crippen LogP contribution in [0.4, 0.5) is 0 Å². The number of rotatable bonds is 1. The summed E-state index contributed by atoms with van der Waals surface area (Å²) in [5, 5.41) is 14.4. The summed E-state index contributed by atoms with van der Waals surface area (Å²) in [7, 11) is 1.92. The first-order valence-corrected chi connectivity index (χ1v) is 8.69. The molecule has 0 bridgehead atoms. The molecule has 2 saturated carbocycles. The Bertz CT molecular complexity index is 624. The van der Waals surface area contributed by atoms with Gasteiger partial charge < -0.3 is 10.5 Å². The van der Waals surface area contributed by atoms with Crippen molar-refractivity contribution >= 4 is 5.71 Å². The van der Waals surface area contributed by atoms with Crippen LogP contribution in [0.25, 0.3) is 0 Å². The Balaban J connectivity index is 1.69. The van der Waals surface area contributed by atoms with Crippen molar-refractivity contribution in [3.05, 3.63) is 29.3 Å². The number of nitrogens with zero attached hydrogens (tertiary/aromatic N) is 1. The molecule has 1 aromatic carbocycles. The number of hydrogen-bond acceptors (Lipinski definition) is 3. The van der Waals surface area contributed by atoms with Gasteiger partial charge in [-0.1, -0.05) is 13.0 Å². The van der Waals surface area contributed by atoms with E-state index in [0.717, 1.165) is 24.7 Å². The van der Waals surface area contributed by atoms with Crippen LogP contribution in [0.2, 0.25) is 0 Å². The lowest BCUT2D eigenvalue weighted by Crippen LogP contribution is -2.42. The Hall–Kier alpha value is -1.51. The van der Waals surface area contributed by atoms with Crippen LogP contribution in [-0.2, 0) is 6.42 Å². The molecule has 0 aromatic heterocycles. The topological polar surface area (TPSA) is 44.6 Å². The highest BCUT2D eigenvalue weighted by Crippen LogP contribution is 2.59. The highest BCUT2D eigenvalue weighted by atomic mass is 16.3. The van der Waals surface area contributed by atoms with Gasteiger partial charge in [0, 0.05) is 18.2 Å². The Morgan fingerprint density at radius 2 is 2.09 bits per heavy atom. The molecule has 4 atom stereocenters. The van der Waals surface area contributed by atoms with Gasteiger partial charge in [0.1, 0.15) is 5.75 Å². The van der Waals surface area contributed by atoms with Crippen LogP contribution in [0.3, 0.4) is 0 Å². The number of hydrogen-bond donors (Lipinski definition) is 2. The minimum absolute atomic E-state index is 0.304. The lowest BCUT2D eigenvalue weighted by Gasteiger charge is -2.49. The molecular formula is C19H26N2O. The van der Waals surface area contributed by atoms with E-state index in [9.17, 15) is 5.11 Å². The van der Waals surface area contributed by atoms with Gasteiger partial charge in [-0.05, 0) is 79.5 Å². The zero-order chi connectivity index (χ0) is 15.3. The fourth-order valence-electron chi connectivity index (χ4n) is 5.68. The Labute approximate surface area is 132 Å². The predicted octanol–water partition coefficient (Wildman–Crippen LogP) is 3.82. The van der Waals surface area contributed by atoms with E-state index in [2.05, 4.69) is 23.5 Å². The van der Waals surface area contributed by atoms with E-state index in [-0.39, 0.29) is 0 Å². The summed E-state index contributed by atoms with van der Waals surface area (Å²) in [6, 6.07) is 6.04. The molecule has 0 heterocycles. The van der Waals surface area contributed by atoms with E-state index in [1.54, 1.807) is 0 Å². The largest absolute Gasteiger partial charge is 0.508 e. The molecule has 1 aromatic rings. The van der Waals surface area contributed by atoms with Crippen LogP contribution in [-0.4, -0.2) is 17.9 Å². The molecule has 0 saturated heterocycles. The Morgan fingerprint density at radius 3 is 2.91 bits per heavy atom. The van der Waals surface area contributed by atoms with Crippen LogP contribution >= 0.6 is 0 Å². The van der Waals surface area contributed by atoms with Crippen LogP contribution < -0.4 is 5.43 Å². The van der Waals surface area contributed by atoms with E-state index in [1.807, 2.05) is 19.2 Å². The molecule has 118 valence electrons. The monoisotopic (exact) mass is 298 g/mol. The third kappa shape index (κ3) is 1.90. The molecule has 4 rings (SSSR count). The zero-order valence-electron chi connectivity index (χ0n) is 13.6. The fraction of sp³-hybridized carbons (Fsp3) is 0.632. The van der Waals surface area contributed by atoms with Crippen molar-refractivity contribution in [3.63, 3.8) is 0 Å². The van der Waals surface area contributed by atoms with Gasteiger partial charge in [0.2, 0.25) is 0 Å². The second kappa shape index (κ2) is 5.00. The molecule has 2 fully saturated rings. The van der Waals surface area contributed by atoms with E-state index in [4.69, 9.17) is 0 Å². The number of aromatic hydroxyl groups is 1. The number of hydrazone groups is 1. The summed E-state index contributed by atoms with van der Waals surface area (Å²) < 4.78 is 0. The summed E-state index contributed by atoms with van der Waals surface area (Å²) >= 11 is 0. The minimum Gasteiger partial charge on any atom is -0.508 e. The maximum atomic E-state index is 9.75. The fourth-order valence-corrected chi connectivity index (χ4v) is 5.68. The zero-order valence-corrected chi connectivity index (χ0v) is 13.6. The number of fused-ring (bicyclic) bond motifs is 5. The van der Waals surface area contributed by atoms with Crippen LogP contribution in [0.1, 0.15) is 56.1 Å². The molecule has 3 heteroatoms. The molecule has 0 amide bonds. The van der Waals surface area contributed by atoms with Crippen molar-refractivity contribution in [2.24, 2.45) is 22.4 Å². The van der Waals surface area contributed by atoms with Crippen LogP contribution in [0.5, 0.6) is 5.75 Å². The van der Waals surface area contributed by atoms with E-state index in [1.165, 1.54) is 42.5 Å². The van der Waals surface area contributed by atoms with Gasteiger partial charge in [0.25, 0.3) is 0 Å². The standard InChI is InChI=1S/C19H26N2O/c1-19-10-9-15-14-6-4-13(22)11-12(14)3-5-16(15)17(19)7-8-18(19)21-20-2/h4,6,11,15-17,20,22H,3,5,7-10H2,1-2H3/b21-18+/t15?,16?,17?,19-/m1/s1. The molecule has 0 aliphatic heterocycles. The van der Waals surface area contributed by atoms with Crippen molar-refractivity contribution in [2.45, 2.75) is 51.4 Å². The Morgan fingerprint density at radius 1 is 1.23 bits per heavy atom. The molecule has 0 radical (unpaired) electrons. The SMILES string of the molecule is CN/N=C1\CCC2C3CCc4cc(O)ccc4C3CC[C@@]12C. The summed E-state index contributed by atoms with van der Waals surface area (Å²) in [4.78, 5) is 0. The Kier molecular flexibility index (Phi) is 3.21. The molecule has 22 heavy (non-hydrogen) atoms. The average molecular weight is 298 g/mol. The van der Waals surface area contributed by atoms with Gasteiger partial charge in [0.05, 0.1) is 0 Å². The maximum Gasteiger partial charge on any atom is 0.115 e. The maximum absolute atomic E-state index is 9.75. The molecular weight excluding hydrogens is 272 g/mol. The number of aryl methyl sites for hydroxylation is 1. The summed E-state index contributed by atoms with van der Waals surface area (Å²) in [5.41, 5.74) is 7.62. The van der Waals surface area contributed by atoms with Crippen molar-refractivity contribution < 1.29 is 5.11 Å². The van der Waals surface area contributed by atoms with Crippen molar-refractivity contribution in [1.29, 1.82) is 0 Å². The number of phenolic OH excluding ortho intramolecular Hbond substituents is 1. The van der Waals surface area contributed by atoms with Crippen molar-refractivity contribution in [2.75, 3.05) is 7.05 Å². The summed E-state index contributed by atoms with van der Waals surface area (Å²) in [6.45, 7) is 2.45. The molecule has 3 aliphatic carbocycles. The first-order chi connectivity index (χ1) is 10.6. The van der Waals surface area contributed by atoms with Crippen LogP contribution in [0, 0.1) is 17.3 Å². The second-order valence-electron chi connectivity index (χ2n) is 7.58. The van der Waals surface area contributed by atoms with Gasteiger partial charge >= 0.3 is 0 Å². The van der Waals surface area contributed by atoms with Crippen molar-refractivity contribution in [3.8, 4) is 5.75 Å². The third-order valence-electron chi connectivity index (χ3n) is 6.70. The molecule has 3 unspecified atom stereocenters. The highest BCUT2D eigenvalue weighted by molar-refractivity contribution is 5.92. The van der Waals surface area contributed by atoms with E-state index in [0.29, 0.717) is 17.1 Å². The highest BCUT2D eigenvalue weighted by Gasteiger charge is 2.53. The van der Waals surface area contributed by atoms with Gasteiger partial charge in [-0.3, -0.25) is 0 Å². The first-order valence-electron chi connectivity index (χ1n) is 8.69. The first kappa shape index (κ1) is 14.1. The molecule has 0 spiro atoms. The summed E-state index contributed by atoms with van der Waals surface area (Å²) in [5.74, 6) is 2.68. The van der Waals surface area contributed by atoms with Crippen LogP contribution in [0.15, 0.2) is 23.3 Å².